The molecule has 1 aromatic carbocycles. The van der Waals surface area contributed by atoms with E-state index in [2.05, 4.69) is 10.6 Å². The highest BCUT2D eigenvalue weighted by Crippen LogP contribution is 2.18. The van der Waals surface area contributed by atoms with Crippen molar-refractivity contribution < 1.29 is 38.2 Å². The van der Waals surface area contributed by atoms with Crippen molar-refractivity contribution in [2.45, 2.75) is 78.2 Å². The van der Waals surface area contributed by atoms with Crippen LogP contribution in [0.4, 0.5) is 9.59 Å². The molecule has 12 heteroatoms. The zero-order valence-corrected chi connectivity index (χ0v) is 24.3. The van der Waals surface area contributed by atoms with Crippen molar-refractivity contribution >= 4 is 30.0 Å². The van der Waals surface area contributed by atoms with Crippen LogP contribution in [-0.4, -0.2) is 89.7 Å². The van der Waals surface area contributed by atoms with E-state index in [1.807, 2.05) is 30.3 Å². The van der Waals surface area contributed by atoms with Gasteiger partial charge in [-0.25, -0.2) is 9.59 Å². The molecule has 1 heterocycles. The fourth-order valence-corrected chi connectivity index (χ4v) is 3.93. The highest BCUT2D eigenvalue weighted by atomic mass is 16.6. The molecule has 0 bridgehead atoms. The van der Waals surface area contributed by atoms with Gasteiger partial charge in [0.1, 0.15) is 36.9 Å². The topological polar surface area (TPSA) is 144 Å². The molecule has 40 heavy (non-hydrogen) atoms. The van der Waals surface area contributed by atoms with E-state index in [4.69, 9.17) is 14.2 Å². The molecule has 12 nitrogen and oxygen atoms in total. The number of alkyl carbamates (subject to hydrolysis) is 2. The molecular weight excluding hydrogens is 520 g/mol. The highest BCUT2D eigenvalue weighted by molar-refractivity contribution is 5.92. The summed E-state index contributed by atoms with van der Waals surface area (Å²) in [6.07, 6.45) is -0.749. The maximum absolute atomic E-state index is 13.4. The lowest BCUT2D eigenvalue weighted by Crippen LogP contribution is -2.61. The molecule has 1 saturated heterocycles. The number of esters is 1. The molecule has 1 atom stereocenters. The van der Waals surface area contributed by atoms with Crippen LogP contribution in [-0.2, 0) is 35.2 Å². The van der Waals surface area contributed by atoms with Crippen molar-refractivity contribution in [3.05, 3.63) is 35.9 Å². The Kier molecular flexibility index (Phi) is 11.8. The molecule has 1 fully saturated rings. The normalized spacial score (nSPS) is 15.8. The molecule has 0 aromatic heterocycles. The minimum atomic E-state index is -0.883. The third-order valence-electron chi connectivity index (χ3n) is 5.56. The second-order valence-corrected chi connectivity index (χ2v) is 11.4. The van der Waals surface area contributed by atoms with Gasteiger partial charge < -0.3 is 34.6 Å². The number of piperazine rings is 1. The van der Waals surface area contributed by atoms with Gasteiger partial charge >= 0.3 is 18.2 Å². The van der Waals surface area contributed by atoms with E-state index in [0.29, 0.717) is 6.42 Å². The standard InChI is InChI=1S/C28H42N4O8/c1-27(2,3)39-23(34)18-31-15-16-32(21(24(31)35)13-10-14-29-26(37)40-28(4,5)6)22(33)17-30-25(36)38-19-20-11-8-7-9-12-20/h7-9,11-12,21H,10,13-19H2,1-6H3,(H,29,37)(H,30,36)/t21-/m1/s1. The van der Waals surface area contributed by atoms with Gasteiger partial charge in [-0.2, -0.15) is 0 Å². The average Bonchev–Trinajstić information content (AvgIpc) is 2.84. The smallest absolute Gasteiger partial charge is 0.407 e. The molecule has 0 spiro atoms. The molecule has 2 N–H and O–H groups in total. The lowest BCUT2D eigenvalue weighted by Gasteiger charge is -2.40. The van der Waals surface area contributed by atoms with Gasteiger partial charge in [-0.3, -0.25) is 14.4 Å². The van der Waals surface area contributed by atoms with Crippen molar-refractivity contribution in [1.82, 2.24) is 20.4 Å². The van der Waals surface area contributed by atoms with E-state index < -0.39 is 47.2 Å². The highest BCUT2D eigenvalue weighted by Gasteiger charge is 2.38. The maximum Gasteiger partial charge on any atom is 0.407 e. The number of nitrogens with one attached hydrogen (secondary N) is 2. The number of carbonyl (C=O) groups is 5. The van der Waals surface area contributed by atoms with Gasteiger partial charge in [0.05, 0.1) is 0 Å². The maximum atomic E-state index is 13.4. The van der Waals surface area contributed by atoms with E-state index in [1.54, 1.807) is 41.5 Å². The summed E-state index contributed by atoms with van der Waals surface area (Å²) in [5.41, 5.74) is -0.550. The Morgan fingerprint density at radius 2 is 1.55 bits per heavy atom. The van der Waals surface area contributed by atoms with Crippen LogP contribution in [0, 0.1) is 0 Å². The van der Waals surface area contributed by atoms with Gasteiger partial charge in [-0.1, -0.05) is 30.3 Å². The Balaban J connectivity index is 1.98. The Morgan fingerprint density at radius 1 is 0.900 bits per heavy atom. The molecule has 0 unspecified atom stereocenters. The van der Waals surface area contributed by atoms with Crippen LogP contribution < -0.4 is 10.6 Å². The first-order chi connectivity index (χ1) is 18.6. The summed E-state index contributed by atoms with van der Waals surface area (Å²) >= 11 is 0. The lowest BCUT2D eigenvalue weighted by molar-refractivity contribution is -0.163. The molecule has 2 rings (SSSR count). The molecule has 222 valence electrons. The number of hydrogen-bond acceptors (Lipinski definition) is 8. The van der Waals surface area contributed by atoms with Gasteiger partial charge in [0, 0.05) is 19.6 Å². The quantitative estimate of drug-likeness (QED) is 0.252. The third kappa shape index (κ3) is 11.9. The zero-order valence-electron chi connectivity index (χ0n) is 24.3. The zero-order chi connectivity index (χ0) is 29.9. The SMILES string of the molecule is CC(C)(C)OC(=O)CN1CCN(C(=O)CNC(=O)OCc2ccccc2)[C@H](CCCNC(=O)OC(C)(C)C)C1=O. The Labute approximate surface area is 235 Å². The summed E-state index contributed by atoms with van der Waals surface area (Å²) in [4.78, 5) is 65.6. The monoisotopic (exact) mass is 562 g/mol. The number of carbonyl (C=O) groups excluding carboxylic acids is 5. The van der Waals surface area contributed by atoms with Crippen LogP contribution in [0.5, 0.6) is 0 Å². The predicted octanol–water partition coefficient (Wildman–Crippen LogP) is 2.60. The van der Waals surface area contributed by atoms with Crippen LogP contribution in [0.3, 0.4) is 0 Å². The Bertz CT molecular complexity index is 1030. The van der Waals surface area contributed by atoms with Crippen LogP contribution in [0.15, 0.2) is 30.3 Å². The van der Waals surface area contributed by atoms with Crippen LogP contribution in [0.1, 0.15) is 59.9 Å². The first kappa shape index (κ1) is 32.4. The largest absolute Gasteiger partial charge is 0.459 e. The molecule has 0 aliphatic carbocycles. The second kappa shape index (κ2) is 14.5. The minimum Gasteiger partial charge on any atom is -0.459 e. The van der Waals surface area contributed by atoms with E-state index in [-0.39, 0.29) is 45.8 Å². The van der Waals surface area contributed by atoms with Crippen molar-refractivity contribution in [2.24, 2.45) is 0 Å². The number of hydrogen-bond donors (Lipinski definition) is 2. The summed E-state index contributed by atoms with van der Waals surface area (Å²) in [6, 6.07) is 8.23. The van der Waals surface area contributed by atoms with E-state index in [1.165, 1.54) is 9.80 Å². The van der Waals surface area contributed by atoms with Gasteiger partial charge in [-0.15, -0.1) is 0 Å². The first-order valence-electron chi connectivity index (χ1n) is 13.4. The molecule has 1 aromatic rings. The van der Waals surface area contributed by atoms with Gasteiger partial charge in [-0.05, 0) is 59.9 Å². The second-order valence-electron chi connectivity index (χ2n) is 11.4. The van der Waals surface area contributed by atoms with E-state index in [0.717, 1.165) is 5.56 Å². The van der Waals surface area contributed by atoms with Crippen LogP contribution >= 0.6 is 0 Å². The van der Waals surface area contributed by atoms with E-state index >= 15 is 0 Å². The molecule has 0 saturated carbocycles. The summed E-state index contributed by atoms with van der Waals surface area (Å²) in [6.45, 7) is 10.4. The van der Waals surface area contributed by atoms with Crippen LogP contribution in [0.2, 0.25) is 0 Å². The van der Waals surface area contributed by atoms with E-state index in [9.17, 15) is 24.0 Å². The molecule has 1 aliphatic rings. The number of rotatable bonds is 10. The predicted molar refractivity (Wildman–Crippen MR) is 146 cm³/mol. The fourth-order valence-electron chi connectivity index (χ4n) is 3.93. The fraction of sp³-hybridized carbons (Fsp3) is 0.607. The number of benzene rings is 1. The summed E-state index contributed by atoms with van der Waals surface area (Å²) < 4.78 is 15.7. The molecule has 1 aliphatic heterocycles. The van der Waals surface area contributed by atoms with Crippen LogP contribution in [0.25, 0.3) is 0 Å². The summed E-state index contributed by atoms with van der Waals surface area (Å²) in [7, 11) is 0. The lowest BCUT2D eigenvalue weighted by atomic mass is 10.0. The molecule has 0 radical (unpaired) electrons. The van der Waals surface area contributed by atoms with Gasteiger partial charge in [0.25, 0.3) is 0 Å². The van der Waals surface area contributed by atoms with Gasteiger partial charge in [0.15, 0.2) is 0 Å². The number of nitrogens with zero attached hydrogens (tertiary/aromatic N) is 2. The Morgan fingerprint density at radius 3 is 2.17 bits per heavy atom. The van der Waals surface area contributed by atoms with Crippen molar-refractivity contribution in [3.63, 3.8) is 0 Å². The number of ether oxygens (including phenoxy) is 3. The Hall–Kier alpha value is -3.83. The third-order valence-corrected chi connectivity index (χ3v) is 5.56. The van der Waals surface area contributed by atoms with Crippen molar-refractivity contribution in [1.29, 1.82) is 0 Å². The molecule has 4 amide bonds. The number of amides is 4. The minimum absolute atomic E-state index is 0.0516. The van der Waals surface area contributed by atoms with Crippen molar-refractivity contribution in [2.75, 3.05) is 32.7 Å². The summed E-state index contributed by atoms with van der Waals surface area (Å²) in [5, 5.41) is 5.07. The molecular formula is C28H42N4O8. The van der Waals surface area contributed by atoms with Crippen molar-refractivity contribution in [3.8, 4) is 0 Å². The average molecular weight is 563 g/mol. The summed E-state index contributed by atoms with van der Waals surface area (Å²) in [5.74, 6) is -1.42. The first-order valence-corrected chi connectivity index (χ1v) is 13.4. The van der Waals surface area contributed by atoms with Gasteiger partial charge in [0.2, 0.25) is 11.8 Å².